The fourth-order valence-electron chi connectivity index (χ4n) is 2.96. The summed E-state index contributed by atoms with van der Waals surface area (Å²) in [6.45, 7) is 3.16. The molecule has 0 saturated carbocycles. The van der Waals surface area contributed by atoms with E-state index in [1.807, 2.05) is 6.92 Å². The molecular formula is C20H17FN4O6. The second-order valence-electron chi connectivity index (χ2n) is 6.50. The number of benzene rings is 2. The van der Waals surface area contributed by atoms with Gasteiger partial charge in [0.25, 0.3) is 11.5 Å². The lowest BCUT2D eigenvalue weighted by atomic mass is 10.2. The van der Waals surface area contributed by atoms with Crippen LogP contribution < -0.4 is 10.9 Å². The number of esters is 1. The number of aromatic nitrogens is 2. The fourth-order valence-corrected chi connectivity index (χ4v) is 2.96. The van der Waals surface area contributed by atoms with Gasteiger partial charge in [-0.05, 0) is 44.2 Å². The Balaban J connectivity index is 1.70. The van der Waals surface area contributed by atoms with Gasteiger partial charge in [0, 0.05) is 18.3 Å². The monoisotopic (exact) mass is 428 g/mol. The van der Waals surface area contributed by atoms with Gasteiger partial charge in [0.2, 0.25) is 5.82 Å². The van der Waals surface area contributed by atoms with E-state index in [1.165, 1.54) is 16.7 Å². The van der Waals surface area contributed by atoms with Crippen molar-refractivity contribution in [2.45, 2.75) is 20.4 Å². The van der Waals surface area contributed by atoms with E-state index in [4.69, 9.17) is 4.74 Å². The molecule has 0 fully saturated rings. The Hall–Kier alpha value is -4.15. The van der Waals surface area contributed by atoms with Crippen molar-refractivity contribution in [2.75, 3.05) is 11.9 Å². The number of amides is 1. The van der Waals surface area contributed by atoms with E-state index in [1.54, 1.807) is 13.0 Å². The average molecular weight is 428 g/mol. The molecule has 0 bridgehead atoms. The molecule has 0 radical (unpaired) electrons. The second-order valence-corrected chi connectivity index (χ2v) is 6.50. The van der Waals surface area contributed by atoms with Gasteiger partial charge in [0.05, 0.1) is 21.5 Å². The molecule has 2 aromatic carbocycles. The van der Waals surface area contributed by atoms with Gasteiger partial charge in [0.15, 0.2) is 6.61 Å². The molecule has 0 saturated heterocycles. The lowest BCUT2D eigenvalue weighted by Crippen LogP contribution is -2.23. The van der Waals surface area contributed by atoms with E-state index in [9.17, 15) is 28.9 Å². The minimum Gasteiger partial charge on any atom is -0.452 e. The second kappa shape index (κ2) is 8.69. The molecule has 0 atom stereocenters. The van der Waals surface area contributed by atoms with Crippen LogP contribution in [0, 0.1) is 22.9 Å². The maximum atomic E-state index is 13.4. The van der Waals surface area contributed by atoms with E-state index in [-0.39, 0.29) is 22.5 Å². The fraction of sp³-hybridized carbons (Fsp3) is 0.200. The number of nitrogens with zero attached hydrogens (tertiary/aromatic N) is 3. The molecule has 31 heavy (non-hydrogen) atoms. The number of nitro benzene ring substituents is 1. The largest absolute Gasteiger partial charge is 0.452 e. The van der Waals surface area contributed by atoms with Gasteiger partial charge < -0.3 is 14.6 Å². The van der Waals surface area contributed by atoms with Crippen LogP contribution in [0.5, 0.6) is 0 Å². The SMILES string of the molecule is CCn1c(=O)c(C)nc2cc(C(=O)OCC(=O)Nc3ccc(F)c([N+](=O)[O-])c3)ccc21. The van der Waals surface area contributed by atoms with E-state index < -0.39 is 34.9 Å². The molecule has 10 nitrogen and oxygen atoms in total. The normalized spacial score (nSPS) is 10.7. The summed E-state index contributed by atoms with van der Waals surface area (Å²) in [6, 6.07) is 7.33. The minimum atomic E-state index is -1.04. The summed E-state index contributed by atoms with van der Waals surface area (Å²) < 4.78 is 19.9. The molecule has 0 aliphatic carbocycles. The molecule has 0 aliphatic rings. The third kappa shape index (κ3) is 4.55. The topological polar surface area (TPSA) is 133 Å². The molecule has 3 aromatic rings. The lowest BCUT2D eigenvalue weighted by molar-refractivity contribution is -0.387. The highest BCUT2D eigenvalue weighted by molar-refractivity contribution is 5.97. The molecule has 1 aromatic heterocycles. The Morgan fingerprint density at radius 3 is 2.68 bits per heavy atom. The number of hydrogen-bond donors (Lipinski definition) is 1. The van der Waals surface area contributed by atoms with E-state index in [0.717, 1.165) is 18.2 Å². The summed E-state index contributed by atoms with van der Waals surface area (Å²) in [4.78, 5) is 50.5. The average Bonchev–Trinajstić information content (AvgIpc) is 2.73. The predicted molar refractivity (Wildman–Crippen MR) is 108 cm³/mol. The Kier molecular flexibility index (Phi) is 6.05. The van der Waals surface area contributed by atoms with Crippen molar-refractivity contribution in [3.63, 3.8) is 0 Å². The molecule has 11 heteroatoms. The highest BCUT2D eigenvalue weighted by atomic mass is 19.1. The van der Waals surface area contributed by atoms with Crippen molar-refractivity contribution in [1.29, 1.82) is 0 Å². The Bertz CT molecular complexity index is 1270. The van der Waals surface area contributed by atoms with Crippen LogP contribution in [0.25, 0.3) is 11.0 Å². The predicted octanol–water partition coefficient (Wildman–Crippen LogP) is 2.57. The van der Waals surface area contributed by atoms with Crippen LogP contribution in [0.3, 0.4) is 0 Å². The van der Waals surface area contributed by atoms with Crippen molar-refractivity contribution >= 4 is 34.3 Å². The number of anilines is 1. The zero-order valence-corrected chi connectivity index (χ0v) is 16.5. The zero-order chi connectivity index (χ0) is 22.7. The zero-order valence-electron chi connectivity index (χ0n) is 16.5. The highest BCUT2D eigenvalue weighted by Gasteiger charge is 2.17. The summed E-state index contributed by atoms with van der Waals surface area (Å²) in [6.07, 6.45) is 0. The number of carbonyl (C=O) groups excluding carboxylic acids is 2. The smallest absolute Gasteiger partial charge is 0.338 e. The van der Waals surface area contributed by atoms with Crippen molar-refractivity contribution in [3.8, 4) is 0 Å². The van der Waals surface area contributed by atoms with Crippen molar-refractivity contribution in [1.82, 2.24) is 9.55 Å². The third-order valence-electron chi connectivity index (χ3n) is 4.42. The molecule has 0 spiro atoms. The van der Waals surface area contributed by atoms with Crippen molar-refractivity contribution in [3.05, 3.63) is 73.9 Å². The van der Waals surface area contributed by atoms with Gasteiger partial charge in [-0.1, -0.05) is 0 Å². The van der Waals surface area contributed by atoms with Crippen LogP contribution >= 0.6 is 0 Å². The summed E-state index contributed by atoms with van der Waals surface area (Å²) in [5, 5.41) is 13.1. The summed E-state index contributed by atoms with van der Waals surface area (Å²) in [5.74, 6) is -2.59. The Morgan fingerprint density at radius 1 is 1.26 bits per heavy atom. The summed E-state index contributed by atoms with van der Waals surface area (Å²) >= 11 is 0. The molecule has 160 valence electrons. The van der Waals surface area contributed by atoms with Crippen molar-refractivity contribution < 1.29 is 23.6 Å². The van der Waals surface area contributed by atoms with Crippen LogP contribution in [-0.4, -0.2) is 33.0 Å². The number of rotatable bonds is 6. The summed E-state index contributed by atoms with van der Waals surface area (Å²) in [7, 11) is 0. The highest BCUT2D eigenvalue weighted by Crippen LogP contribution is 2.21. The number of halogens is 1. The molecule has 1 heterocycles. The van der Waals surface area contributed by atoms with Gasteiger partial charge in [-0.3, -0.25) is 19.7 Å². The van der Waals surface area contributed by atoms with Crippen molar-refractivity contribution in [2.24, 2.45) is 0 Å². The third-order valence-corrected chi connectivity index (χ3v) is 4.42. The van der Waals surface area contributed by atoms with Crippen LogP contribution in [0.2, 0.25) is 0 Å². The number of nitro groups is 1. The quantitative estimate of drug-likeness (QED) is 0.362. The Labute approximate surface area is 174 Å². The Morgan fingerprint density at radius 2 is 2.00 bits per heavy atom. The lowest BCUT2D eigenvalue weighted by Gasteiger charge is -2.10. The van der Waals surface area contributed by atoms with E-state index >= 15 is 0 Å². The van der Waals surface area contributed by atoms with Gasteiger partial charge in [-0.2, -0.15) is 4.39 Å². The number of hydrogen-bond acceptors (Lipinski definition) is 7. The van der Waals surface area contributed by atoms with Gasteiger partial charge in [-0.25, -0.2) is 9.78 Å². The minimum absolute atomic E-state index is 0.0166. The first kappa shape index (κ1) is 21.6. The molecule has 3 rings (SSSR count). The number of nitrogens with one attached hydrogen (secondary N) is 1. The van der Waals surface area contributed by atoms with Crippen LogP contribution in [-0.2, 0) is 16.1 Å². The van der Waals surface area contributed by atoms with Crippen LogP contribution in [0.4, 0.5) is 15.8 Å². The number of carbonyl (C=O) groups is 2. The molecule has 1 amide bonds. The molecule has 0 unspecified atom stereocenters. The van der Waals surface area contributed by atoms with Gasteiger partial charge >= 0.3 is 11.7 Å². The molecule has 1 N–H and O–H groups in total. The van der Waals surface area contributed by atoms with Crippen LogP contribution in [0.1, 0.15) is 23.0 Å². The molecule has 0 aliphatic heterocycles. The molecular weight excluding hydrogens is 411 g/mol. The van der Waals surface area contributed by atoms with Gasteiger partial charge in [-0.15, -0.1) is 0 Å². The maximum Gasteiger partial charge on any atom is 0.338 e. The summed E-state index contributed by atoms with van der Waals surface area (Å²) in [5.41, 5.74) is 0.375. The maximum absolute atomic E-state index is 13.4. The first-order valence-corrected chi connectivity index (χ1v) is 9.13. The number of aryl methyl sites for hydroxylation is 2. The first-order chi connectivity index (χ1) is 14.7. The van der Waals surface area contributed by atoms with E-state index in [2.05, 4.69) is 10.3 Å². The van der Waals surface area contributed by atoms with Gasteiger partial charge in [0.1, 0.15) is 5.69 Å². The number of fused-ring (bicyclic) bond motifs is 1. The first-order valence-electron chi connectivity index (χ1n) is 9.13. The standard InChI is InChI=1S/C20H17FN4O6/c1-3-24-16-7-4-12(8-15(16)22-11(2)19(24)27)20(28)31-10-18(26)23-13-5-6-14(21)17(9-13)25(29)30/h4-9H,3,10H2,1-2H3,(H,23,26). The van der Waals surface area contributed by atoms with Crippen LogP contribution in [0.15, 0.2) is 41.2 Å². The number of ether oxygens (including phenoxy) is 1. The van der Waals surface area contributed by atoms with E-state index in [0.29, 0.717) is 17.6 Å².